The van der Waals surface area contributed by atoms with Crippen LogP contribution in [0, 0.1) is 0 Å². The first kappa shape index (κ1) is 13.8. The number of carbonyl (C=O) groups excluding carboxylic acids is 2. The molecule has 7 heteroatoms. The molecule has 0 aliphatic heterocycles. The Morgan fingerprint density at radius 2 is 2.00 bits per heavy atom. The maximum absolute atomic E-state index is 12.1. The van der Waals surface area contributed by atoms with Gasteiger partial charge in [0.1, 0.15) is 5.82 Å². The van der Waals surface area contributed by atoms with Crippen LogP contribution in [-0.2, 0) is 4.79 Å². The number of hydrogen-bond acceptors (Lipinski definition) is 5. The number of nitrogens with zero attached hydrogens (tertiary/aromatic N) is 1. The summed E-state index contributed by atoms with van der Waals surface area (Å²) >= 11 is 0. The molecule has 0 bridgehead atoms. The van der Waals surface area contributed by atoms with E-state index in [4.69, 9.17) is 11.6 Å². The SMILES string of the molecule is NNc1cc(C(=O)NCCC(N)=O)c2ccccc2n1. The van der Waals surface area contributed by atoms with Crippen LogP contribution in [0.1, 0.15) is 16.8 Å². The molecule has 1 heterocycles. The standard InChI is InChI=1S/C13H15N5O2/c14-11(19)5-6-16-13(20)9-7-12(18-15)17-10-4-2-1-3-8(9)10/h1-4,7H,5-6,15H2,(H2,14,19)(H,16,20)(H,17,18). The second-order valence-electron chi connectivity index (χ2n) is 4.19. The van der Waals surface area contributed by atoms with Gasteiger partial charge in [-0.15, -0.1) is 0 Å². The highest BCUT2D eigenvalue weighted by Crippen LogP contribution is 2.20. The van der Waals surface area contributed by atoms with Gasteiger partial charge in [-0.25, -0.2) is 10.8 Å². The van der Waals surface area contributed by atoms with Crippen LogP contribution in [0.4, 0.5) is 5.82 Å². The molecule has 0 unspecified atom stereocenters. The number of pyridine rings is 1. The van der Waals surface area contributed by atoms with Crippen LogP contribution >= 0.6 is 0 Å². The summed E-state index contributed by atoms with van der Waals surface area (Å²) in [4.78, 5) is 27.1. The predicted octanol–water partition coefficient (Wildman–Crippen LogP) is 0.126. The van der Waals surface area contributed by atoms with Gasteiger partial charge in [-0.3, -0.25) is 9.59 Å². The fraction of sp³-hybridized carbons (Fsp3) is 0.154. The van der Waals surface area contributed by atoms with Crippen LogP contribution in [0.5, 0.6) is 0 Å². The molecule has 2 aromatic rings. The Hall–Kier alpha value is -2.67. The van der Waals surface area contributed by atoms with E-state index in [1.807, 2.05) is 12.1 Å². The average molecular weight is 273 g/mol. The Balaban J connectivity index is 2.31. The van der Waals surface area contributed by atoms with Crippen LogP contribution in [0.2, 0.25) is 0 Å². The van der Waals surface area contributed by atoms with Crippen molar-refractivity contribution in [3.8, 4) is 0 Å². The van der Waals surface area contributed by atoms with E-state index in [9.17, 15) is 9.59 Å². The summed E-state index contributed by atoms with van der Waals surface area (Å²) in [7, 11) is 0. The number of fused-ring (bicyclic) bond motifs is 1. The smallest absolute Gasteiger partial charge is 0.252 e. The fourth-order valence-electron chi connectivity index (χ4n) is 1.83. The molecule has 2 rings (SSSR count). The lowest BCUT2D eigenvalue weighted by Gasteiger charge is -2.09. The molecule has 0 spiro atoms. The molecule has 7 nitrogen and oxygen atoms in total. The highest BCUT2D eigenvalue weighted by Gasteiger charge is 2.12. The number of benzene rings is 1. The molecule has 104 valence electrons. The first-order valence-electron chi connectivity index (χ1n) is 6.04. The number of anilines is 1. The second-order valence-corrected chi connectivity index (χ2v) is 4.19. The maximum atomic E-state index is 12.1. The number of hydrogen-bond donors (Lipinski definition) is 4. The first-order chi connectivity index (χ1) is 9.61. The van der Waals surface area contributed by atoms with E-state index in [1.54, 1.807) is 18.2 Å². The van der Waals surface area contributed by atoms with Crippen molar-refractivity contribution in [1.29, 1.82) is 0 Å². The Labute approximate surface area is 115 Å². The zero-order valence-corrected chi connectivity index (χ0v) is 10.7. The second kappa shape index (κ2) is 5.98. The Morgan fingerprint density at radius 1 is 1.25 bits per heavy atom. The molecular weight excluding hydrogens is 258 g/mol. The molecule has 0 saturated carbocycles. The number of aromatic nitrogens is 1. The van der Waals surface area contributed by atoms with Gasteiger partial charge in [0.25, 0.3) is 5.91 Å². The summed E-state index contributed by atoms with van der Waals surface area (Å²) in [5.41, 5.74) is 8.54. The number of carbonyl (C=O) groups is 2. The van der Waals surface area contributed by atoms with Crippen molar-refractivity contribution in [2.45, 2.75) is 6.42 Å². The number of nitrogens with two attached hydrogens (primary N) is 2. The topological polar surface area (TPSA) is 123 Å². The molecule has 0 saturated heterocycles. The van der Waals surface area contributed by atoms with Gasteiger partial charge in [0.2, 0.25) is 5.91 Å². The van der Waals surface area contributed by atoms with E-state index in [1.165, 1.54) is 0 Å². The van der Waals surface area contributed by atoms with Crippen molar-refractivity contribution < 1.29 is 9.59 Å². The fourth-order valence-corrected chi connectivity index (χ4v) is 1.83. The number of nitrogens with one attached hydrogen (secondary N) is 2. The van der Waals surface area contributed by atoms with E-state index in [0.29, 0.717) is 22.3 Å². The zero-order chi connectivity index (χ0) is 14.5. The van der Waals surface area contributed by atoms with Gasteiger partial charge in [0, 0.05) is 18.4 Å². The zero-order valence-electron chi connectivity index (χ0n) is 10.7. The lowest BCUT2D eigenvalue weighted by atomic mass is 10.1. The van der Waals surface area contributed by atoms with Crippen molar-refractivity contribution in [1.82, 2.24) is 10.3 Å². The Bertz CT molecular complexity index is 656. The highest BCUT2D eigenvalue weighted by molar-refractivity contribution is 6.07. The summed E-state index contributed by atoms with van der Waals surface area (Å²) in [6.45, 7) is 0.191. The summed E-state index contributed by atoms with van der Waals surface area (Å²) in [6.07, 6.45) is 0.0940. The third-order valence-electron chi connectivity index (χ3n) is 2.77. The molecule has 20 heavy (non-hydrogen) atoms. The predicted molar refractivity (Wildman–Crippen MR) is 75.7 cm³/mol. The summed E-state index contributed by atoms with van der Waals surface area (Å²) in [5.74, 6) is 4.97. The molecule has 0 radical (unpaired) electrons. The van der Waals surface area contributed by atoms with Gasteiger partial charge in [-0.2, -0.15) is 0 Å². The molecule has 0 aliphatic rings. The van der Waals surface area contributed by atoms with Gasteiger partial charge in [0.05, 0.1) is 11.1 Å². The minimum absolute atomic E-state index is 0.0940. The van der Waals surface area contributed by atoms with Gasteiger partial charge in [0.15, 0.2) is 0 Å². The van der Waals surface area contributed by atoms with Gasteiger partial charge in [-0.05, 0) is 12.1 Å². The molecule has 0 fully saturated rings. The molecule has 6 N–H and O–H groups in total. The number of amides is 2. The van der Waals surface area contributed by atoms with Gasteiger partial charge >= 0.3 is 0 Å². The van der Waals surface area contributed by atoms with Gasteiger partial charge < -0.3 is 16.5 Å². The summed E-state index contributed by atoms with van der Waals surface area (Å²) in [5, 5.41) is 3.35. The lowest BCUT2D eigenvalue weighted by Crippen LogP contribution is -2.28. The van der Waals surface area contributed by atoms with Gasteiger partial charge in [-0.1, -0.05) is 18.2 Å². The van der Waals surface area contributed by atoms with E-state index >= 15 is 0 Å². The van der Waals surface area contributed by atoms with Crippen LogP contribution < -0.4 is 22.3 Å². The number of nitrogen functional groups attached to an aromatic ring is 1. The van der Waals surface area contributed by atoms with Crippen molar-refractivity contribution in [3.05, 3.63) is 35.9 Å². The third kappa shape index (κ3) is 3.01. The molecule has 0 atom stereocenters. The monoisotopic (exact) mass is 273 g/mol. The summed E-state index contributed by atoms with van der Waals surface area (Å²) < 4.78 is 0. The molecule has 1 aromatic heterocycles. The van der Waals surface area contributed by atoms with Crippen molar-refractivity contribution in [2.75, 3.05) is 12.0 Å². The quantitative estimate of drug-likeness (QED) is 0.455. The van der Waals surface area contributed by atoms with Crippen molar-refractivity contribution >= 4 is 28.5 Å². The molecule has 2 amide bonds. The van der Waals surface area contributed by atoms with Crippen LogP contribution in [0.3, 0.4) is 0 Å². The number of primary amides is 1. The average Bonchev–Trinajstić information content (AvgIpc) is 2.45. The number of para-hydroxylation sites is 1. The molecular formula is C13H15N5O2. The molecule has 0 aliphatic carbocycles. The number of hydrazine groups is 1. The normalized spacial score (nSPS) is 10.2. The number of rotatable bonds is 5. The van der Waals surface area contributed by atoms with E-state index in [-0.39, 0.29) is 18.9 Å². The minimum atomic E-state index is -0.464. The third-order valence-corrected chi connectivity index (χ3v) is 2.77. The van der Waals surface area contributed by atoms with Crippen molar-refractivity contribution in [3.63, 3.8) is 0 Å². The van der Waals surface area contributed by atoms with E-state index < -0.39 is 5.91 Å². The first-order valence-corrected chi connectivity index (χ1v) is 6.04. The Morgan fingerprint density at radius 3 is 2.70 bits per heavy atom. The van der Waals surface area contributed by atoms with Crippen LogP contribution in [0.25, 0.3) is 10.9 Å². The summed E-state index contributed by atoms with van der Waals surface area (Å²) in [6, 6.07) is 8.79. The van der Waals surface area contributed by atoms with Crippen LogP contribution in [-0.4, -0.2) is 23.3 Å². The van der Waals surface area contributed by atoms with E-state index in [2.05, 4.69) is 15.7 Å². The molecule has 1 aromatic carbocycles. The van der Waals surface area contributed by atoms with Crippen LogP contribution in [0.15, 0.2) is 30.3 Å². The van der Waals surface area contributed by atoms with Crippen molar-refractivity contribution in [2.24, 2.45) is 11.6 Å². The van der Waals surface area contributed by atoms with E-state index in [0.717, 1.165) is 0 Å². The highest BCUT2D eigenvalue weighted by atomic mass is 16.2. The Kier molecular flexibility index (Phi) is 4.11. The maximum Gasteiger partial charge on any atom is 0.252 e. The lowest BCUT2D eigenvalue weighted by molar-refractivity contribution is -0.117. The minimum Gasteiger partial charge on any atom is -0.370 e. The largest absolute Gasteiger partial charge is 0.370 e.